The highest BCUT2D eigenvalue weighted by molar-refractivity contribution is 6.43. The summed E-state index contributed by atoms with van der Waals surface area (Å²) in [6.07, 6.45) is 2.02. The van der Waals surface area contributed by atoms with Crippen LogP contribution in [0.4, 0.5) is 0 Å². The van der Waals surface area contributed by atoms with E-state index in [1.54, 1.807) is 45.2 Å². The second-order valence-electron chi connectivity index (χ2n) is 7.97. The maximum atomic E-state index is 13.1. The number of nitrogens with zero attached hydrogens (tertiary/aromatic N) is 1. The van der Waals surface area contributed by atoms with Crippen LogP contribution in [0.1, 0.15) is 38.1 Å². The highest BCUT2D eigenvalue weighted by Crippen LogP contribution is 2.43. The van der Waals surface area contributed by atoms with Crippen molar-refractivity contribution in [2.24, 2.45) is 11.3 Å². The number of benzene rings is 1. The van der Waals surface area contributed by atoms with Crippen LogP contribution in [-0.2, 0) is 20.8 Å². The Balaban J connectivity index is 2.04. The molecule has 6 nitrogen and oxygen atoms in total. The minimum atomic E-state index is -1.06. The van der Waals surface area contributed by atoms with Gasteiger partial charge in [0.25, 0.3) is 5.91 Å². The molecule has 3 rings (SSSR count). The average molecular weight is 383 g/mol. The zero-order chi connectivity index (χ0) is 20.5. The fourth-order valence-corrected chi connectivity index (χ4v) is 3.64. The van der Waals surface area contributed by atoms with Crippen LogP contribution in [0.2, 0.25) is 0 Å². The summed E-state index contributed by atoms with van der Waals surface area (Å²) in [5, 5.41) is 0. The molecule has 1 aromatic heterocycles. The topological polar surface area (TPSA) is 76.8 Å². The summed E-state index contributed by atoms with van der Waals surface area (Å²) in [6, 6.07) is 10.1. The lowest BCUT2D eigenvalue weighted by atomic mass is 9.77. The Morgan fingerprint density at radius 3 is 2.46 bits per heavy atom. The maximum Gasteiger partial charge on any atom is 0.291 e. The molecule has 1 saturated heterocycles. The van der Waals surface area contributed by atoms with Gasteiger partial charge in [-0.25, -0.2) is 0 Å². The van der Waals surface area contributed by atoms with Crippen LogP contribution in [0.15, 0.2) is 47.1 Å². The molecule has 148 valence electrons. The summed E-state index contributed by atoms with van der Waals surface area (Å²) in [5.41, 5.74) is -0.0935. The summed E-state index contributed by atoms with van der Waals surface area (Å²) in [7, 11) is 1.53. The first kappa shape index (κ1) is 19.9. The molecule has 0 spiro atoms. The second-order valence-corrected chi connectivity index (χ2v) is 7.97. The van der Waals surface area contributed by atoms with E-state index in [-0.39, 0.29) is 12.3 Å². The van der Waals surface area contributed by atoms with Gasteiger partial charge in [-0.2, -0.15) is 0 Å². The molecule has 1 fully saturated rings. The Morgan fingerprint density at radius 2 is 1.86 bits per heavy atom. The summed E-state index contributed by atoms with van der Waals surface area (Å²) in [5.74, 6) is -1.34. The van der Waals surface area contributed by atoms with E-state index in [0.29, 0.717) is 23.5 Å². The standard InChI is InChI=1S/C22H25NO5/c1-22(2,3)20(25)17-18(15-9-5-6-10-16(15)27-4)23(21(26)19(17)24)12-11-14-8-7-13-28-14/h5-10,13,17-18H,11-12H2,1-4H3. The molecule has 1 aliphatic heterocycles. The van der Waals surface area contributed by atoms with Gasteiger partial charge in [0.1, 0.15) is 17.4 Å². The van der Waals surface area contributed by atoms with E-state index in [4.69, 9.17) is 9.15 Å². The van der Waals surface area contributed by atoms with Crippen LogP contribution >= 0.6 is 0 Å². The molecule has 0 aliphatic carbocycles. The SMILES string of the molecule is COc1ccccc1C1C(C(=O)C(C)(C)C)C(=O)C(=O)N1CCc1ccco1. The third-order valence-corrected chi connectivity index (χ3v) is 5.06. The number of likely N-dealkylation sites (tertiary alicyclic amines) is 1. The number of methoxy groups -OCH3 is 1. The van der Waals surface area contributed by atoms with Gasteiger partial charge in [-0.1, -0.05) is 39.0 Å². The van der Waals surface area contributed by atoms with Crippen LogP contribution in [-0.4, -0.2) is 36.0 Å². The quantitative estimate of drug-likeness (QED) is 0.565. The number of hydrogen-bond acceptors (Lipinski definition) is 5. The van der Waals surface area contributed by atoms with Gasteiger partial charge in [-0.3, -0.25) is 14.4 Å². The molecular weight excluding hydrogens is 358 g/mol. The van der Waals surface area contributed by atoms with E-state index >= 15 is 0 Å². The highest BCUT2D eigenvalue weighted by atomic mass is 16.5. The molecule has 0 bridgehead atoms. The van der Waals surface area contributed by atoms with Crippen molar-refractivity contribution in [3.8, 4) is 5.75 Å². The Morgan fingerprint density at radius 1 is 1.14 bits per heavy atom. The lowest BCUT2D eigenvalue weighted by molar-refractivity contribution is -0.143. The molecule has 1 aromatic carbocycles. The van der Waals surface area contributed by atoms with Gasteiger partial charge in [0.2, 0.25) is 5.78 Å². The fraction of sp³-hybridized carbons (Fsp3) is 0.409. The molecule has 28 heavy (non-hydrogen) atoms. The van der Waals surface area contributed by atoms with Crippen molar-refractivity contribution in [1.82, 2.24) is 4.90 Å². The molecule has 6 heteroatoms. The van der Waals surface area contributed by atoms with Gasteiger partial charge in [0.15, 0.2) is 5.78 Å². The summed E-state index contributed by atoms with van der Waals surface area (Å²) in [4.78, 5) is 40.3. The number of carbonyl (C=O) groups excluding carboxylic acids is 3. The van der Waals surface area contributed by atoms with Gasteiger partial charge in [0.05, 0.1) is 19.4 Å². The van der Waals surface area contributed by atoms with Crippen LogP contribution in [0.25, 0.3) is 0 Å². The lowest BCUT2D eigenvalue weighted by Gasteiger charge is -2.30. The summed E-state index contributed by atoms with van der Waals surface area (Å²) in [6.45, 7) is 5.56. The number of hydrogen-bond donors (Lipinski definition) is 0. The molecule has 1 amide bonds. The van der Waals surface area contributed by atoms with E-state index < -0.39 is 29.1 Å². The van der Waals surface area contributed by atoms with Gasteiger partial charge in [0, 0.05) is 23.9 Å². The van der Waals surface area contributed by atoms with Crippen molar-refractivity contribution < 1.29 is 23.5 Å². The summed E-state index contributed by atoms with van der Waals surface area (Å²) >= 11 is 0. The van der Waals surface area contributed by atoms with Crippen molar-refractivity contribution in [3.63, 3.8) is 0 Å². The zero-order valence-corrected chi connectivity index (χ0v) is 16.6. The maximum absolute atomic E-state index is 13.1. The molecule has 0 N–H and O–H groups in total. The largest absolute Gasteiger partial charge is 0.496 e. The number of ketones is 2. The van der Waals surface area contributed by atoms with Gasteiger partial charge in [-0.15, -0.1) is 0 Å². The van der Waals surface area contributed by atoms with Crippen LogP contribution in [0.5, 0.6) is 5.75 Å². The van der Waals surface area contributed by atoms with Crippen molar-refractivity contribution >= 4 is 17.5 Å². The first-order chi connectivity index (χ1) is 13.3. The second kappa shape index (κ2) is 7.62. The molecule has 2 atom stereocenters. The van der Waals surface area contributed by atoms with E-state index in [0.717, 1.165) is 0 Å². The Labute approximate surface area is 164 Å². The molecule has 0 radical (unpaired) electrons. The highest BCUT2D eigenvalue weighted by Gasteiger charge is 2.53. The number of furan rings is 1. The number of carbonyl (C=O) groups is 3. The van der Waals surface area contributed by atoms with Crippen molar-refractivity contribution in [3.05, 3.63) is 54.0 Å². The fourth-order valence-electron chi connectivity index (χ4n) is 3.64. The van der Waals surface area contributed by atoms with Crippen molar-refractivity contribution in [2.45, 2.75) is 33.2 Å². The van der Waals surface area contributed by atoms with Crippen molar-refractivity contribution in [2.75, 3.05) is 13.7 Å². The Bertz CT molecular complexity index is 879. The van der Waals surface area contributed by atoms with Crippen molar-refractivity contribution in [1.29, 1.82) is 0 Å². The molecule has 0 saturated carbocycles. The first-order valence-corrected chi connectivity index (χ1v) is 9.30. The molecule has 2 heterocycles. The van der Waals surface area contributed by atoms with Crippen LogP contribution < -0.4 is 4.74 Å². The monoisotopic (exact) mass is 383 g/mol. The minimum Gasteiger partial charge on any atom is -0.496 e. The van der Waals surface area contributed by atoms with Gasteiger partial charge in [-0.05, 0) is 18.2 Å². The predicted octanol–water partition coefficient (Wildman–Crippen LogP) is 3.21. The number of ether oxygens (including phenoxy) is 1. The minimum absolute atomic E-state index is 0.248. The first-order valence-electron chi connectivity index (χ1n) is 9.30. The number of para-hydroxylation sites is 1. The molecule has 2 aromatic rings. The van der Waals surface area contributed by atoms with E-state index in [1.165, 1.54) is 12.0 Å². The average Bonchev–Trinajstić information content (AvgIpc) is 3.26. The smallest absolute Gasteiger partial charge is 0.291 e. The Hall–Kier alpha value is -2.89. The molecule has 2 unspecified atom stereocenters. The number of amides is 1. The zero-order valence-electron chi connectivity index (χ0n) is 16.6. The van der Waals surface area contributed by atoms with Crippen LogP contribution in [0.3, 0.4) is 0 Å². The normalized spacial score (nSPS) is 19.9. The predicted molar refractivity (Wildman–Crippen MR) is 103 cm³/mol. The van der Waals surface area contributed by atoms with Gasteiger partial charge >= 0.3 is 0 Å². The summed E-state index contributed by atoms with van der Waals surface area (Å²) < 4.78 is 10.8. The van der Waals surface area contributed by atoms with Crippen LogP contribution in [0, 0.1) is 11.3 Å². The third kappa shape index (κ3) is 3.59. The van der Waals surface area contributed by atoms with Gasteiger partial charge < -0.3 is 14.1 Å². The molecular formula is C22H25NO5. The number of rotatable bonds is 6. The van der Waals surface area contributed by atoms with E-state index in [1.807, 2.05) is 18.2 Å². The third-order valence-electron chi connectivity index (χ3n) is 5.06. The van der Waals surface area contributed by atoms with E-state index in [9.17, 15) is 14.4 Å². The molecule has 1 aliphatic rings. The Kier molecular flexibility index (Phi) is 5.40. The number of Topliss-reactive ketones (excluding diaryl/α,β-unsaturated/α-hetero) is 2. The van der Waals surface area contributed by atoms with E-state index in [2.05, 4.69) is 0 Å². The lowest BCUT2D eigenvalue weighted by Crippen LogP contribution is -2.36.